The zero-order valence-corrected chi connectivity index (χ0v) is 6.03. The summed E-state index contributed by atoms with van der Waals surface area (Å²) in [5.74, 6) is 0. The maximum atomic E-state index is 2.12. The van der Waals surface area contributed by atoms with Gasteiger partial charge in [-0.2, -0.15) is 0 Å². The molecule has 0 radical (unpaired) electrons. The van der Waals surface area contributed by atoms with Crippen molar-refractivity contribution in [3.63, 3.8) is 0 Å². The second-order valence-corrected chi connectivity index (χ2v) is 2.18. The van der Waals surface area contributed by atoms with Gasteiger partial charge in [0.25, 0.3) is 0 Å². The van der Waals surface area contributed by atoms with Gasteiger partial charge in [-0.3, -0.25) is 0 Å². The molecule has 0 aromatic carbocycles. The first-order chi connectivity index (χ1) is 5.00. The quantitative estimate of drug-likeness (QED) is 0.477. The molecule has 0 bridgehead atoms. The zero-order valence-electron chi connectivity index (χ0n) is 6.03. The average Bonchev–Trinajstić information content (AvgIpc) is 2.67. The lowest BCUT2D eigenvalue weighted by Crippen LogP contribution is -1.37. The van der Waals surface area contributed by atoms with Crippen LogP contribution in [-0.2, 0) is 0 Å². The molecule has 0 atom stereocenters. The lowest BCUT2D eigenvalue weighted by molar-refractivity contribution is 1.45. The van der Waals surface area contributed by atoms with E-state index in [2.05, 4.69) is 48.6 Å². The van der Waals surface area contributed by atoms with E-state index in [9.17, 15) is 0 Å². The predicted molar refractivity (Wildman–Crippen MR) is 55.7 cm³/mol. The van der Waals surface area contributed by atoms with Crippen LogP contribution in [0.3, 0.4) is 0 Å². The molecule has 0 unspecified atom stereocenters. The van der Waals surface area contributed by atoms with Crippen molar-refractivity contribution in [2.24, 2.45) is 0 Å². The third-order valence-electron chi connectivity index (χ3n) is 1.31. The van der Waals surface area contributed by atoms with Gasteiger partial charge in [-0.25, -0.2) is 0 Å². The summed E-state index contributed by atoms with van der Waals surface area (Å²) in [5, 5.41) is 0. The molecule has 0 amide bonds. The molecule has 0 N–H and O–H groups in total. The Morgan fingerprint density at radius 3 is 0.909 bits per heavy atom. The number of hydrogen-bond acceptors (Lipinski definition) is 0. The van der Waals surface area contributed by atoms with E-state index in [1.807, 2.05) is 0 Å². The van der Waals surface area contributed by atoms with Crippen molar-refractivity contribution in [1.82, 2.24) is 0 Å². The van der Waals surface area contributed by atoms with Crippen LogP contribution in [0.25, 0.3) is 0 Å². The van der Waals surface area contributed by atoms with Crippen molar-refractivity contribution in [3.8, 4) is 0 Å². The number of hydrogen-bond donors (Lipinski definition) is 0. The fraction of sp³-hybridized carbons (Fsp3) is 0.200. The van der Waals surface area contributed by atoms with E-state index < -0.39 is 0 Å². The van der Waals surface area contributed by atoms with Crippen molar-refractivity contribution in [2.45, 2.75) is 12.8 Å². The minimum absolute atomic E-state index is 0. The van der Waals surface area contributed by atoms with Crippen LogP contribution in [-0.4, -0.2) is 17.4 Å². The van der Waals surface area contributed by atoms with Gasteiger partial charge in [-0.1, -0.05) is 48.6 Å². The summed E-state index contributed by atoms with van der Waals surface area (Å²) in [6.07, 6.45) is 19.0. The Morgan fingerprint density at radius 2 is 0.818 bits per heavy atom. The molecule has 0 aliphatic heterocycles. The zero-order chi connectivity index (χ0) is 7.07. The van der Waals surface area contributed by atoms with Crippen molar-refractivity contribution in [3.05, 3.63) is 48.6 Å². The third kappa shape index (κ3) is 5.91. The van der Waals surface area contributed by atoms with Crippen LogP contribution < -0.4 is 0 Å². The molecule has 0 nitrogen and oxygen atoms in total. The monoisotopic (exact) mass is 162 g/mol. The highest BCUT2D eigenvalue weighted by Crippen LogP contribution is 1.93. The Kier molecular flexibility index (Phi) is 7.25. The Hall–Kier alpha value is -0.508. The summed E-state index contributed by atoms with van der Waals surface area (Å²) < 4.78 is 0. The fourth-order valence-electron chi connectivity index (χ4n) is 0.786. The van der Waals surface area contributed by atoms with Gasteiger partial charge in [0.15, 0.2) is 17.4 Å². The van der Waals surface area contributed by atoms with Gasteiger partial charge in [0.05, 0.1) is 0 Å². The van der Waals surface area contributed by atoms with E-state index in [0.29, 0.717) is 0 Å². The molecule has 2 rings (SSSR count). The first kappa shape index (κ1) is 10.5. The van der Waals surface area contributed by atoms with Crippen LogP contribution in [0.15, 0.2) is 48.6 Å². The van der Waals surface area contributed by atoms with Crippen molar-refractivity contribution in [2.75, 3.05) is 0 Å². The lowest BCUT2D eigenvalue weighted by Gasteiger charge is -1.57. The summed E-state index contributed by atoms with van der Waals surface area (Å²) >= 11 is 0. The molecule has 0 saturated heterocycles. The smallest absolute Gasteiger partial charge is 0.0808 e. The van der Waals surface area contributed by atoms with E-state index in [0.717, 1.165) is 12.8 Å². The Bertz CT molecular complexity index is 143. The molecule has 58 valence electrons. The molecular weight excluding hydrogens is 147 g/mol. The minimum Gasteiger partial charge on any atom is -0.0808 e. The normalized spacial score (nSPS) is 16.0. The van der Waals surface area contributed by atoms with Crippen LogP contribution in [0, 0.1) is 0 Å². The molecule has 0 aromatic heterocycles. The van der Waals surface area contributed by atoms with E-state index >= 15 is 0 Å². The highest BCUT2D eigenvalue weighted by Gasteiger charge is 1.72. The van der Waals surface area contributed by atoms with Crippen molar-refractivity contribution in [1.29, 1.82) is 0 Å². The summed E-state index contributed by atoms with van der Waals surface area (Å²) in [6.45, 7) is 0. The highest BCUT2D eigenvalue weighted by atomic mass is 27.0. The average molecular weight is 162 g/mol. The maximum Gasteiger partial charge on any atom is 0.187 e. The topological polar surface area (TPSA) is 0 Å². The van der Waals surface area contributed by atoms with Crippen molar-refractivity contribution >= 4 is 17.4 Å². The van der Waals surface area contributed by atoms with Gasteiger partial charge < -0.3 is 0 Å². The molecule has 0 fully saturated rings. The molecule has 0 heterocycles. The Balaban J connectivity index is 0.000000167. The Labute approximate surface area is 79.1 Å². The standard InChI is InChI=1S/2C5H6.Al.3H/c2*1-2-4-5-3-1;;;;/h2*1-4H,5H2;;;;. The minimum atomic E-state index is 0. The van der Waals surface area contributed by atoms with E-state index in [1.165, 1.54) is 0 Å². The lowest BCUT2D eigenvalue weighted by atomic mass is 10.5. The van der Waals surface area contributed by atoms with Gasteiger partial charge in [0, 0.05) is 0 Å². The fourth-order valence-corrected chi connectivity index (χ4v) is 0.786. The third-order valence-corrected chi connectivity index (χ3v) is 1.31. The van der Waals surface area contributed by atoms with Gasteiger partial charge in [-0.15, -0.1) is 0 Å². The molecule has 1 heteroatoms. The summed E-state index contributed by atoms with van der Waals surface area (Å²) in [4.78, 5) is 0. The number of allylic oxidation sites excluding steroid dienone is 8. The molecule has 2 aliphatic rings. The second-order valence-electron chi connectivity index (χ2n) is 2.18. The second kappa shape index (κ2) is 7.60. The first-order valence-electron chi connectivity index (χ1n) is 3.63. The molecular formula is C10H15Al. The van der Waals surface area contributed by atoms with Crippen LogP contribution in [0.4, 0.5) is 0 Å². The van der Waals surface area contributed by atoms with Gasteiger partial charge >= 0.3 is 0 Å². The van der Waals surface area contributed by atoms with Crippen LogP contribution >= 0.6 is 0 Å². The highest BCUT2D eigenvalue weighted by molar-refractivity contribution is 5.75. The predicted octanol–water partition coefficient (Wildman–Crippen LogP) is 1.82. The van der Waals surface area contributed by atoms with Crippen molar-refractivity contribution < 1.29 is 0 Å². The van der Waals surface area contributed by atoms with Crippen LogP contribution in [0.2, 0.25) is 0 Å². The molecule has 11 heavy (non-hydrogen) atoms. The van der Waals surface area contributed by atoms with Crippen LogP contribution in [0.5, 0.6) is 0 Å². The number of rotatable bonds is 0. The van der Waals surface area contributed by atoms with E-state index in [4.69, 9.17) is 0 Å². The van der Waals surface area contributed by atoms with Gasteiger partial charge in [0.1, 0.15) is 0 Å². The molecule has 2 aliphatic carbocycles. The summed E-state index contributed by atoms with van der Waals surface area (Å²) in [5.41, 5.74) is 0. The Morgan fingerprint density at radius 1 is 0.545 bits per heavy atom. The molecule has 0 aromatic rings. The van der Waals surface area contributed by atoms with Gasteiger partial charge in [0.2, 0.25) is 0 Å². The van der Waals surface area contributed by atoms with E-state index in [-0.39, 0.29) is 17.4 Å². The maximum absolute atomic E-state index is 2.12. The van der Waals surface area contributed by atoms with Crippen LogP contribution in [0.1, 0.15) is 12.8 Å². The molecule has 0 saturated carbocycles. The summed E-state index contributed by atoms with van der Waals surface area (Å²) in [6, 6.07) is 0. The largest absolute Gasteiger partial charge is 0.187 e. The van der Waals surface area contributed by atoms with Gasteiger partial charge in [-0.05, 0) is 12.8 Å². The first-order valence-corrected chi connectivity index (χ1v) is 3.63. The summed E-state index contributed by atoms with van der Waals surface area (Å²) in [7, 11) is 0. The SMILES string of the molecule is C1=CCC=C1.C1=CCC=C1.[AlH3]. The van der Waals surface area contributed by atoms with E-state index in [1.54, 1.807) is 0 Å². The molecule has 0 spiro atoms.